The fourth-order valence-corrected chi connectivity index (χ4v) is 3.43. The molecule has 2 nitrogen and oxygen atoms in total. The number of ether oxygens (including phenoxy) is 2. The lowest BCUT2D eigenvalue weighted by atomic mass is 9.90. The van der Waals surface area contributed by atoms with Gasteiger partial charge in [-0.3, -0.25) is 0 Å². The Bertz CT molecular complexity index is 776. The third-order valence-corrected chi connectivity index (χ3v) is 4.94. The van der Waals surface area contributed by atoms with Gasteiger partial charge >= 0.3 is 0 Å². The quantitative estimate of drug-likeness (QED) is 0.557. The first-order valence-corrected chi connectivity index (χ1v) is 9.63. The second-order valence-corrected chi connectivity index (χ2v) is 6.78. The number of benzene rings is 2. The Morgan fingerprint density at radius 1 is 1.04 bits per heavy atom. The summed E-state index contributed by atoms with van der Waals surface area (Å²) < 4.78 is 39.5. The van der Waals surface area contributed by atoms with Crippen molar-refractivity contribution in [1.29, 1.82) is 0 Å². The second kappa shape index (κ2) is 9.14. The Hall–Kier alpha value is -2.20. The Balaban J connectivity index is 1.71. The van der Waals surface area contributed by atoms with E-state index in [1.165, 1.54) is 11.6 Å². The highest BCUT2D eigenvalue weighted by atomic mass is 19.2. The molecule has 2 aromatic carbocycles. The minimum atomic E-state index is -0.940. The molecule has 1 fully saturated rings. The van der Waals surface area contributed by atoms with Gasteiger partial charge in [-0.25, -0.2) is 4.39 Å². The molecule has 144 valence electrons. The van der Waals surface area contributed by atoms with E-state index in [2.05, 4.69) is 19.1 Å². The van der Waals surface area contributed by atoms with Crippen molar-refractivity contribution < 1.29 is 18.3 Å². The van der Waals surface area contributed by atoms with Crippen LogP contribution in [0.4, 0.5) is 8.78 Å². The molecule has 2 unspecified atom stereocenters. The van der Waals surface area contributed by atoms with Crippen molar-refractivity contribution in [1.82, 2.24) is 0 Å². The highest BCUT2D eigenvalue weighted by Crippen LogP contribution is 2.33. The van der Waals surface area contributed by atoms with E-state index in [-0.39, 0.29) is 17.4 Å². The van der Waals surface area contributed by atoms with E-state index in [9.17, 15) is 8.78 Å². The van der Waals surface area contributed by atoms with Gasteiger partial charge in [0.15, 0.2) is 11.6 Å². The normalized spacial score (nSPS) is 20.1. The first kappa shape index (κ1) is 19.6. The highest BCUT2D eigenvalue weighted by Gasteiger charge is 2.22. The van der Waals surface area contributed by atoms with Crippen LogP contribution < -0.4 is 4.74 Å². The van der Waals surface area contributed by atoms with Gasteiger partial charge in [-0.05, 0) is 49.4 Å². The van der Waals surface area contributed by atoms with Crippen molar-refractivity contribution in [3.8, 4) is 16.9 Å². The van der Waals surface area contributed by atoms with Gasteiger partial charge in [0.1, 0.15) is 0 Å². The molecule has 0 N–H and O–H groups in total. The van der Waals surface area contributed by atoms with Gasteiger partial charge in [-0.2, -0.15) is 4.39 Å². The molecule has 1 aliphatic rings. The van der Waals surface area contributed by atoms with Crippen LogP contribution in [0, 0.1) is 11.6 Å². The maximum Gasteiger partial charge on any atom is 0.201 e. The van der Waals surface area contributed by atoms with Gasteiger partial charge < -0.3 is 9.47 Å². The van der Waals surface area contributed by atoms with Crippen molar-refractivity contribution in [3.05, 3.63) is 65.7 Å². The fraction of sp³-hybridized carbons (Fsp3) is 0.391. The van der Waals surface area contributed by atoms with Gasteiger partial charge in [0.05, 0.1) is 19.3 Å². The number of allylic oxidation sites excluding steroid dienone is 1. The molecule has 0 aliphatic carbocycles. The van der Waals surface area contributed by atoms with Crippen LogP contribution in [-0.4, -0.2) is 19.3 Å². The Morgan fingerprint density at radius 3 is 2.44 bits per heavy atom. The van der Waals surface area contributed by atoms with Crippen molar-refractivity contribution in [2.75, 3.05) is 13.2 Å². The van der Waals surface area contributed by atoms with Crippen LogP contribution in [0.5, 0.6) is 5.75 Å². The number of hydrogen-bond donors (Lipinski definition) is 0. The predicted molar refractivity (Wildman–Crippen MR) is 104 cm³/mol. The molecule has 4 heteroatoms. The lowest BCUT2D eigenvalue weighted by Gasteiger charge is -2.27. The molecule has 2 atom stereocenters. The fourth-order valence-electron chi connectivity index (χ4n) is 3.43. The summed E-state index contributed by atoms with van der Waals surface area (Å²) in [4.78, 5) is 0. The molecule has 27 heavy (non-hydrogen) atoms. The van der Waals surface area contributed by atoms with Gasteiger partial charge in [0, 0.05) is 11.5 Å². The predicted octanol–water partition coefficient (Wildman–Crippen LogP) is 6.26. The molecule has 2 aromatic rings. The molecular weight excluding hydrogens is 346 g/mol. The molecule has 1 saturated heterocycles. The minimum Gasteiger partial charge on any atom is -0.491 e. The van der Waals surface area contributed by atoms with Crippen LogP contribution >= 0.6 is 0 Å². The zero-order valence-corrected chi connectivity index (χ0v) is 15.9. The molecular formula is C23H26F2O2. The first-order chi connectivity index (χ1) is 13.1. The van der Waals surface area contributed by atoms with E-state index in [0.717, 1.165) is 19.3 Å². The van der Waals surface area contributed by atoms with Crippen LogP contribution in [0.25, 0.3) is 11.1 Å². The summed E-state index contributed by atoms with van der Waals surface area (Å²) in [5.41, 5.74) is 2.06. The molecule has 1 heterocycles. The van der Waals surface area contributed by atoms with Gasteiger partial charge in [0.2, 0.25) is 5.82 Å². The molecule has 0 spiro atoms. The van der Waals surface area contributed by atoms with Crippen LogP contribution in [0.2, 0.25) is 0 Å². The Kier molecular flexibility index (Phi) is 6.62. The monoisotopic (exact) mass is 372 g/mol. The summed E-state index contributed by atoms with van der Waals surface area (Å²) >= 11 is 0. The summed E-state index contributed by atoms with van der Waals surface area (Å²) in [5.74, 6) is -1.53. The third-order valence-electron chi connectivity index (χ3n) is 4.94. The molecule has 0 amide bonds. The van der Waals surface area contributed by atoms with Crippen LogP contribution in [0.15, 0.2) is 48.6 Å². The smallest absolute Gasteiger partial charge is 0.201 e. The minimum absolute atomic E-state index is 0.0543. The van der Waals surface area contributed by atoms with Crippen molar-refractivity contribution >= 4 is 0 Å². The van der Waals surface area contributed by atoms with Crippen molar-refractivity contribution in [2.24, 2.45) is 0 Å². The molecule has 0 radical (unpaired) electrons. The van der Waals surface area contributed by atoms with E-state index in [1.807, 2.05) is 24.3 Å². The topological polar surface area (TPSA) is 18.5 Å². The maximum atomic E-state index is 14.4. The average molecular weight is 372 g/mol. The average Bonchev–Trinajstić information content (AvgIpc) is 2.71. The summed E-state index contributed by atoms with van der Waals surface area (Å²) in [6, 6.07) is 10.7. The van der Waals surface area contributed by atoms with E-state index in [1.54, 1.807) is 13.0 Å². The molecule has 0 saturated carbocycles. The molecule has 0 bridgehead atoms. The lowest BCUT2D eigenvalue weighted by Crippen LogP contribution is -2.23. The molecule has 0 aromatic heterocycles. The Morgan fingerprint density at radius 2 is 1.81 bits per heavy atom. The SMILES string of the molecule is CC/C=C/C1CCC(c2ccc(-c3ccc(OCC)c(F)c3F)cc2)CO1. The highest BCUT2D eigenvalue weighted by molar-refractivity contribution is 5.65. The van der Waals surface area contributed by atoms with E-state index < -0.39 is 11.6 Å². The van der Waals surface area contributed by atoms with Crippen LogP contribution in [0.3, 0.4) is 0 Å². The van der Waals surface area contributed by atoms with Crippen LogP contribution in [0.1, 0.15) is 44.6 Å². The zero-order valence-electron chi connectivity index (χ0n) is 15.9. The maximum absolute atomic E-state index is 14.4. The van der Waals surface area contributed by atoms with E-state index in [0.29, 0.717) is 24.7 Å². The number of hydrogen-bond acceptors (Lipinski definition) is 2. The first-order valence-electron chi connectivity index (χ1n) is 9.63. The number of rotatable bonds is 6. The summed E-state index contributed by atoms with van der Waals surface area (Å²) in [6.45, 7) is 4.83. The summed E-state index contributed by atoms with van der Waals surface area (Å²) in [7, 11) is 0. The number of halogens is 2. The van der Waals surface area contributed by atoms with Gasteiger partial charge in [-0.15, -0.1) is 0 Å². The summed E-state index contributed by atoms with van der Waals surface area (Å²) in [6.07, 6.45) is 7.58. The van der Waals surface area contributed by atoms with Crippen molar-refractivity contribution in [2.45, 2.75) is 45.1 Å². The summed E-state index contributed by atoms with van der Waals surface area (Å²) in [5, 5.41) is 0. The van der Waals surface area contributed by atoms with Crippen molar-refractivity contribution in [3.63, 3.8) is 0 Å². The third kappa shape index (κ3) is 4.56. The van der Waals surface area contributed by atoms with E-state index >= 15 is 0 Å². The molecule has 3 rings (SSSR count). The Labute approximate surface area is 159 Å². The van der Waals surface area contributed by atoms with E-state index in [4.69, 9.17) is 9.47 Å². The standard InChI is InChI=1S/C23H26F2O2/c1-3-5-6-19-12-11-18(15-27-19)16-7-9-17(10-8-16)20-13-14-21(26-4-2)23(25)22(20)24/h5-10,13-14,18-19H,3-4,11-12,15H2,1-2H3/b6-5+. The lowest BCUT2D eigenvalue weighted by molar-refractivity contribution is 0.0326. The van der Waals surface area contributed by atoms with Gasteiger partial charge in [0.25, 0.3) is 0 Å². The van der Waals surface area contributed by atoms with Crippen LogP contribution in [-0.2, 0) is 4.74 Å². The van der Waals surface area contributed by atoms with Gasteiger partial charge in [-0.1, -0.05) is 43.3 Å². The molecule has 1 aliphatic heterocycles. The second-order valence-electron chi connectivity index (χ2n) is 6.78. The zero-order chi connectivity index (χ0) is 19.2. The largest absolute Gasteiger partial charge is 0.491 e.